The zero-order valence-corrected chi connectivity index (χ0v) is 12.1. The Balaban J connectivity index is 2.70. The first-order chi connectivity index (χ1) is 8.54. The summed E-state index contributed by atoms with van der Waals surface area (Å²) in [5.41, 5.74) is 0.846. The van der Waals surface area contributed by atoms with Crippen LogP contribution in [0.2, 0.25) is 5.02 Å². The summed E-state index contributed by atoms with van der Waals surface area (Å²) < 4.78 is 0. The molecule has 0 spiro atoms. The number of hydrogen-bond donors (Lipinski definition) is 2. The lowest BCUT2D eigenvalue weighted by Crippen LogP contribution is -2.18. The number of aromatic carboxylic acids is 1. The number of rotatable bonds is 7. The molecule has 0 aromatic heterocycles. The largest absolute Gasteiger partial charge is 0.478 e. The molecule has 2 N–H and O–H groups in total. The van der Waals surface area contributed by atoms with Gasteiger partial charge < -0.3 is 10.4 Å². The highest BCUT2D eigenvalue weighted by Gasteiger charge is 2.12. The van der Waals surface area contributed by atoms with Gasteiger partial charge in [-0.15, -0.1) is 0 Å². The van der Waals surface area contributed by atoms with Crippen LogP contribution >= 0.6 is 23.4 Å². The van der Waals surface area contributed by atoms with Crippen molar-refractivity contribution in [2.24, 2.45) is 0 Å². The van der Waals surface area contributed by atoms with Crippen LogP contribution in [0.15, 0.2) is 18.2 Å². The van der Waals surface area contributed by atoms with Crippen molar-refractivity contribution in [3.8, 4) is 0 Å². The molecule has 0 aliphatic rings. The van der Waals surface area contributed by atoms with Gasteiger partial charge in [0.1, 0.15) is 0 Å². The maximum absolute atomic E-state index is 11.1. The summed E-state index contributed by atoms with van der Waals surface area (Å²) in [6, 6.07) is 5.00. The van der Waals surface area contributed by atoms with Crippen LogP contribution in [0.5, 0.6) is 0 Å². The molecule has 1 aromatic rings. The number of nitrogens with one attached hydrogen (secondary N) is 1. The fourth-order valence-corrected chi connectivity index (χ4v) is 2.55. The molecule has 0 fully saturated rings. The second-order valence-corrected chi connectivity index (χ2v) is 5.86. The minimum Gasteiger partial charge on any atom is -0.478 e. The summed E-state index contributed by atoms with van der Waals surface area (Å²) in [5, 5.41) is 12.8. The smallest absolute Gasteiger partial charge is 0.337 e. The molecule has 0 aliphatic carbocycles. The lowest BCUT2D eigenvalue weighted by Gasteiger charge is -2.16. The predicted molar refractivity (Wildman–Crippen MR) is 79.1 cm³/mol. The Kier molecular flexibility index (Phi) is 6.36. The van der Waals surface area contributed by atoms with E-state index in [0.29, 0.717) is 10.7 Å². The second-order valence-electron chi connectivity index (χ2n) is 4.03. The Morgan fingerprint density at radius 2 is 2.28 bits per heavy atom. The first kappa shape index (κ1) is 15.2. The van der Waals surface area contributed by atoms with Gasteiger partial charge in [0.2, 0.25) is 0 Å². The molecule has 3 nitrogen and oxygen atoms in total. The molecule has 5 heteroatoms. The SMILES string of the molecule is CCSCCC(C)Nc1cc(Cl)ccc1C(=O)O. The van der Waals surface area contributed by atoms with E-state index in [0.717, 1.165) is 17.9 Å². The average molecular weight is 288 g/mol. The third-order valence-electron chi connectivity index (χ3n) is 2.51. The van der Waals surface area contributed by atoms with Crippen molar-refractivity contribution >= 4 is 35.0 Å². The van der Waals surface area contributed by atoms with Gasteiger partial charge in [-0.25, -0.2) is 4.79 Å². The van der Waals surface area contributed by atoms with Crippen molar-refractivity contribution < 1.29 is 9.90 Å². The number of hydrogen-bond acceptors (Lipinski definition) is 3. The molecule has 0 amide bonds. The molecule has 0 saturated carbocycles. The van der Waals surface area contributed by atoms with Gasteiger partial charge in [-0.3, -0.25) is 0 Å². The molecule has 0 bridgehead atoms. The van der Waals surface area contributed by atoms with E-state index in [2.05, 4.69) is 12.2 Å². The van der Waals surface area contributed by atoms with Gasteiger partial charge in [-0.05, 0) is 43.0 Å². The van der Waals surface area contributed by atoms with E-state index in [1.807, 2.05) is 18.7 Å². The first-order valence-corrected chi connectivity index (χ1v) is 7.45. The minimum absolute atomic E-state index is 0.223. The summed E-state index contributed by atoms with van der Waals surface area (Å²) in [5.74, 6) is 1.22. The Morgan fingerprint density at radius 3 is 2.89 bits per heavy atom. The number of halogens is 1. The summed E-state index contributed by atoms with van der Waals surface area (Å²) in [4.78, 5) is 11.1. The van der Waals surface area contributed by atoms with Crippen molar-refractivity contribution in [2.45, 2.75) is 26.3 Å². The van der Waals surface area contributed by atoms with Crippen molar-refractivity contribution in [3.05, 3.63) is 28.8 Å². The van der Waals surface area contributed by atoms with Gasteiger partial charge in [0.25, 0.3) is 0 Å². The maximum Gasteiger partial charge on any atom is 0.337 e. The summed E-state index contributed by atoms with van der Waals surface area (Å²) in [6.07, 6.45) is 0.990. The number of carbonyl (C=O) groups is 1. The van der Waals surface area contributed by atoms with Crippen LogP contribution in [0, 0.1) is 0 Å². The number of carboxylic acid groups (broad SMARTS) is 1. The lowest BCUT2D eigenvalue weighted by atomic mass is 10.1. The van der Waals surface area contributed by atoms with Crippen LogP contribution < -0.4 is 5.32 Å². The lowest BCUT2D eigenvalue weighted by molar-refractivity contribution is 0.0698. The molecule has 18 heavy (non-hydrogen) atoms. The van der Waals surface area contributed by atoms with Crippen LogP contribution in [-0.4, -0.2) is 28.6 Å². The van der Waals surface area contributed by atoms with Crippen molar-refractivity contribution in [3.63, 3.8) is 0 Å². The van der Waals surface area contributed by atoms with Crippen LogP contribution in [0.3, 0.4) is 0 Å². The maximum atomic E-state index is 11.1. The van der Waals surface area contributed by atoms with Gasteiger partial charge in [-0.1, -0.05) is 18.5 Å². The highest BCUT2D eigenvalue weighted by atomic mass is 35.5. The van der Waals surface area contributed by atoms with Crippen molar-refractivity contribution in [1.29, 1.82) is 0 Å². The van der Waals surface area contributed by atoms with Crippen molar-refractivity contribution in [1.82, 2.24) is 0 Å². The quantitative estimate of drug-likeness (QED) is 0.745. The molecule has 1 atom stereocenters. The molecule has 0 saturated heterocycles. The Bertz CT molecular complexity index is 412. The van der Waals surface area contributed by atoms with Gasteiger partial charge in [0.05, 0.1) is 11.3 Å². The monoisotopic (exact) mass is 287 g/mol. The normalized spacial score (nSPS) is 12.2. The zero-order chi connectivity index (χ0) is 13.5. The highest BCUT2D eigenvalue weighted by Crippen LogP contribution is 2.22. The van der Waals surface area contributed by atoms with E-state index in [9.17, 15) is 4.79 Å². The third-order valence-corrected chi connectivity index (χ3v) is 3.68. The van der Waals surface area contributed by atoms with E-state index in [1.54, 1.807) is 12.1 Å². The van der Waals surface area contributed by atoms with Crippen molar-refractivity contribution in [2.75, 3.05) is 16.8 Å². The van der Waals surface area contributed by atoms with E-state index in [4.69, 9.17) is 16.7 Å². The number of thioether (sulfide) groups is 1. The van der Waals surface area contributed by atoms with E-state index in [1.165, 1.54) is 6.07 Å². The first-order valence-electron chi connectivity index (χ1n) is 5.91. The van der Waals surface area contributed by atoms with Crippen LogP contribution in [0.25, 0.3) is 0 Å². The summed E-state index contributed by atoms with van der Waals surface area (Å²) in [7, 11) is 0. The molecular weight excluding hydrogens is 270 g/mol. The number of benzene rings is 1. The average Bonchev–Trinajstić information content (AvgIpc) is 2.29. The fraction of sp³-hybridized carbons (Fsp3) is 0.462. The molecule has 0 aliphatic heterocycles. The molecule has 1 unspecified atom stereocenters. The summed E-state index contributed by atoms with van der Waals surface area (Å²) in [6.45, 7) is 4.17. The Morgan fingerprint density at radius 1 is 1.56 bits per heavy atom. The molecule has 100 valence electrons. The standard InChI is InChI=1S/C13H18ClNO2S/c1-3-18-7-6-9(2)15-12-8-10(14)4-5-11(12)13(16)17/h4-5,8-9,15H,3,6-7H2,1-2H3,(H,16,17). The fourth-order valence-electron chi connectivity index (χ4n) is 1.56. The molecule has 1 rings (SSSR count). The predicted octanol–water partition coefficient (Wildman–Crippen LogP) is 3.98. The van der Waals surface area contributed by atoms with Crippen LogP contribution in [-0.2, 0) is 0 Å². The molecule has 0 radical (unpaired) electrons. The van der Waals surface area contributed by atoms with Gasteiger partial charge in [0.15, 0.2) is 0 Å². The van der Waals surface area contributed by atoms with Gasteiger partial charge in [0, 0.05) is 11.1 Å². The van der Waals surface area contributed by atoms with Gasteiger partial charge in [-0.2, -0.15) is 11.8 Å². The third kappa shape index (κ3) is 4.78. The van der Waals surface area contributed by atoms with Crippen LogP contribution in [0.1, 0.15) is 30.6 Å². The topological polar surface area (TPSA) is 49.3 Å². The molecular formula is C13H18ClNO2S. The molecule has 1 aromatic carbocycles. The summed E-state index contributed by atoms with van der Waals surface area (Å²) >= 11 is 7.77. The van der Waals surface area contributed by atoms with Gasteiger partial charge >= 0.3 is 5.97 Å². The van der Waals surface area contributed by atoms with Crippen LogP contribution in [0.4, 0.5) is 5.69 Å². The van der Waals surface area contributed by atoms with E-state index < -0.39 is 5.97 Å². The van der Waals surface area contributed by atoms with E-state index >= 15 is 0 Å². The zero-order valence-electron chi connectivity index (χ0n) is 10.6. The highest BCUT2D eigenvalue weighted by molar-refractivity contribution is 7.99. The second kappa shape index (κ2) is 7.54. The Hall–Kier alpha value is -0.870. The number of anilines is 1. The molecule has 0 heterocycles. The minimum atomic E-state index is -0.940. The number of carboxylic acids is 1. The Labute approximate surface area is 117 Å². The van der Waals surface area contributed by atoms with E-state index in [-0.39, 0.29) is 11.6 Å².